The standard InChI is InChI=1S/C15H10BrNO/c16-14-3-1-2-12(8-14)9-15(18)13-6-4-11(10-17)5-7-13/h1-8H,9H2. The molecule has 18 heavy (non-hydrogen) atoms. The molecule has 2 rings (SSSR count). The number of carbonyl (C=O) groups is 1. The molecule has 0 N–H and O–H groups in total. The molecule has 88 valence electrons. The molecule has 0 saturated carbocycles. The lowest BCUT2D eigenvalue weighted by molar-refractivity contribution is 0.0993. The fourth-order valence-electron chi connectivity index (χ4n) is 1.67. The Hall–Kier alpha value is -1.92. The minimum absolute atomic E-state index is 0.0533. The largest absolute Gasteiger partial charge is 0.294 e. The third kappa shape index (κ3) is 3.06. The fourth-order valence-corrected chi connectivity index (χ4v) is 2.11. The number of rotatable bonds is 3. The second kappa shape index (κ2) is 5.61. The van der Waals surface area contributed by atoms with E-state index in [-0.39, 0.29) is 5.78 Å². The summed E-state index contributed by atoms with van der Waals surface area (Å²) in [5.41, 5.74) is 2.17. The van der Waals surface area contributed by atoms with Crippen molar-refractivity contribution in [2.75, 3.05) is 0 Å². The summed E-state index contributed by atoms with van der Waals surface area (Å²) >= 11 is 3.38. The highest BCUT2D eigenvalue weighted by molar-refractivity contribution is 9.10. The van der Waals surface area contributed by atoms with E-state index in [2.05, 4.69) is 15.9 Å². The van der Waals surface area contributed by atoms with E-state index in [1.165, 1.54) is 0 Å². The molecule has 0 aliphatic carbocycles. The molecule has 0 radical (unpaired) electrons. The highest BCUT2D eigenvalue weighted by Gasteiger charge is 2.07. The highest BCUT2D eigenvalue weighted by Crippen LogP contribution is 2.14. The molecule has 0 aromatic heterocycles. The molecule has 0 amide bonds. The van der Waals surface area contributed by atoms with E-state index in [0.717, 1.165) is 10.0 Å². The summed E-state index contributed by atoms with van der Waals surface area (Å²) in [6.07, 6.45) is 0.366. The molecule has 3 heteroatoms. The van der Waals surface area contributed by atoms with E-state index < -0.39 is 0 Å². The van der Waals surface area contributed by atoms with Gasteiger partial charge in [-0.3, -0.25) is 4.79 Å². The monoisotopic (exact) mass is 299 g/mol. The van der Waals surface area contributed by atoms with E-state index in [1.807, 2.05) is 30.3 Å². The van der Waals surface area contributed by atoms with E-state index in [4.69, 9.17) is 5.26 Å². The molecular weight excluding hydrogens is 290 g/mol. The Morgan fingerprint density at radius 1 is 1.17 bits per heavy atom. The molecule has 0 saturated heterocycles. The van der Waals surface area contributed by atoms with Crippen molar-refractivity contribution >= 4 is 21.7 Å². The van der Waals surface area contributed by atoms with Gasteiger partial charge in [0.2, 0.25) is 0 Å². The first kappa shape index (κ1) is 12.5. The molecule has 0 bridgehead atoms. The predicted molar refractivity (Wildman–Crippen MR) is 73.3 cm³/mol. The maximum atomic E-state index is 12.0. The summed E-state index contributed by atoms with van der Waals surface area (Å²) in [7, 11) is 0. The maximum absolute atomic E-state index is 12.0. The molecular formula is C15H10BrNO. The Balaban J connectivity index is 2.14. The number of carbonyl (C=O) groups excluding carboxylic acids is 1. The Morgan fingerprint density at radius 2 is 1.89 bits per heavy atom. The van der Waals surface area contributed by atoms with Crippen molar-refractivity contribution < 1.29 is 4.79 Å². The summed E-state index contributed by atoms with van der Waals surface area (Å²) < 4.78 is 0.965. The smallest absolute Gasteiger partial charge is 0.167 e. The zero-order valence-corrected chi connectivity index (χ0v) is 11.1. The van der Waals surface area contributed by atoms with Crippen LogP contribution in [0.5, 0.6) is 0 Å². The van der Waals surface area contributed by atoms with Crippen LogP contribution in [0.25, 0.3) is 0 Å². The van der Waals surface area contributed by atoms with Crippen LogP contribution in [0.2, 0.25) is 0 Å². The lowest BCUT2D eigenvalue weighted by Crippen LogP contribution is -2.03. The van der Waals surface area contributed by atoms with Crippen molar-refractivity contribution in [3.8, 4) is 6.07 Å². The first-order chi connectivity index (χ1) is 8.69. The zero-order valence-electron chi connectivity index (χ0n) is 9.56. The number of nitrogens with zero attached hydrogens (tertiary/aromatic N) is 1. The maximum Gasteiger partial charge on any atom is 0.167 e. The topological polar surface area (TPSA) is 40.9 Å². The van der Waals surface area contributed by atoms with Crippen LogP contribution in [-0.2, 0) is 6.42 Å². The fraction of sp³-hybridized carbons (Fsp3) is 0.0667. The molecule has 2 nitrogen and oxygen atoms in total. The highest BCUT2D eigenvalue weighted by atomic mass is 79.9. The van der Waals surface area contributed by atoms with Gasteiger partial charge in [-0.15, -0.1) is 0 Å². The van der Waals surface area contributed by atoms with Crippen LogP contribution in [0, 0.1) is 11.3 Å². The second-order valence-corrected chi connectivity index (χ2v) is 4.83. The molecule has 0 unspecified atom stereocenters. The molecule has 2 aromatic carbocycles. The van der Waals surface area contributed by atoms with Gasteiger partial charge in [0.25, 0.3) is 0 Å². The zero-order chi connectivity index (χ0) is 13.0. The number of ketones is 1. The van der Waals surface area contributed by atoms with Gasteiger partial charge in [-0.25, -0.2) is 0 Å². The Kier molecular flexibility index (Phi) is 3.91. The van der Waals surface area contributed by atoms with Gasteiger partial charge in [0.1, 0.15) is 0 Å². The second-order valence-electron chi connectivity index (χ2n) is 3.92. The Labute approximate surface area is 114 Å². The van der Waals surface area contributed by atoms with Crippen molar-refractivity contribution in [3.63, 3.8) is 0 Å². The first-order valence-electron chi connectivity index (χ1n) is 5.47. The van der Waals surface area contributed by atoms with E-state index in [1.54, 1.807) is 24.3 Å². The number of Topliss-reactive ketones (excluding diaryl/α,β-unsaturated/α-hetero) is 1. The van der Waals surface area contributed by atoms with Gasteiger partial charge in [0.15, 0.2) is 5.78 Å². The molecule has 0 fully saturated rings. The average Bonchev–Trinajstić information content (AvgIpc) is 2.39. The number of hydrogen-bond donors (Lipinski definition) is 0. The summed E-state index contributed by atoms with van der Waals surface area (Å²) in [4.78, 5) is 12.0. The summed E-state index contributed by atoms with van der Waals surface area (Å²) in [6, 6.07) is 16.4. The minimum Gasteiger partial charge on any atom is -0.294 e. The van der Waals surface area contributed by atoms with Crippen LogP contribution in [0.3, 0.4) is 0 Å². The van der Waals surface area contributed by atoms with Crippen molar-refractivity contribution in [3.05, 3.63) is 69.7 Å². The van der Waals surface area contributed by atoms with Gasteiger partial charge in [-0.1, -0.05) is 40.2 Å². The Bertz CT molecular complexity index is 611. The lowest BCUT2D eigenvalue weighted by Gasteiger charge is -2.02. The van der Waals surface area contributed by atoms with Crippen molar-refractivity contribution in [1.82, 2.24) is 0 Å². The Morgan fingerprint density at radius 3 is 2.50 bits per heavy atom. The van der Waals surface area contributed by atoms with Gasteiger partial charge in [-0.05, 0) is 29.8 Å². The van der Waals surface area contributed by atoms with Gasteiger partial charge < -0.3 is 0 Å². The van der Waals surface area contributed by atoms with Gasteiger partial charge in [0, 0.05) is 16.5 Å². The quantitative estimate of drug-likeness (QED) is 0.810. The van der Waals surface area contributed by atoms with Crippen molar-refractivity contribution in [1.29, 1.82) is 5.26 Å². The molecule has 2 aromatic rings. The lowest BCUT2D eigenvalue weighted by atomic mass is 10.0. The average molecular weight is 300 g/mol. The molecule has 0 aliphatic rings. The number of halogens is 1. The van der Waals surface area contributed by atoms with Crippen LogP contribution in [0.4, 0.5) is 0 Å². The number of nitriles is 1. The summed E-state index contributed by atoms with van der Waals surface area (Å²) in [6.45, 7) is 0. The SMILES string of the molecule is N#Cc1ccc(C(=O)Cc2cccc(Br)c2)cc1. The van der Waals surface area contributed by atoms with Gasteiger partial charge in [-0.2, -0.15) is 5.26 Å². The summed E-state index contributed by atoms with van der Waals surface area (Å²) in [5.74, 6) is 0.0533. The third-order valence-electron chi connectivity index (χ3n) is 2.59. The van der Waals surface area contributed by atoms with Crippen LogP contribution in [-0.4, -0.2) is 5.78 Å². The van der Waals surface area contributed by atoms with Gasteiger partial charge in [0.05, 0.1) is 11.6 Å². The molecule has 0 atom stereocenters. The first-order valence-corrected chi connectivity index (χ1v) is 6.26. The van der Waals surface area contributed by atoms with Crippen LogP contribution >= 0.6 is 15.9 Å². The van der Waals surface area contributed by atoms with Crippen LogP contribution in [0.15, 0.2) is 53.0 Å². The van der Waals surface area contributed by atoms with Crippen LogP contribution in [0.1, 0.15) is 21.5 Å². The van der Waals surface area contributed by atoms with E-state index >= 15 is 0 Å². The molecule has 0 spiro atoms. The minimum atomic E-state index is 0.0533. The normalized spacial score (nSPS) is 9.78. The third-order valence-corrected chi connectivity index (χ3v) is 3.08. The number of benzene rings is 2. The van der Waals surface area contributed by atoms with Crippen molar-refractivity contribution in [2.24, 2.45) is 0 Å². The number of hydrogen-bond acceptors (Lipinski definition) is 2. The van der Waals surface area contributed by atoms with Crippen LogP contribution < -0.4 is 0 Å². The van der Waals surface area contributed by atoms with E-state index in [0.29, 0.717) is 17.5 Å². The molecule has 0 heterocycles. The summed E-state index contributed by atoms with van der Waals surface area (Å²) in [5, 5.41) is 8.69. The van der Waals surface area contributed by atoms with Gasteiger partial charge >= 0.3 is 0 Å². The van der Waals surface area contributed by atoms with Crippen molar-refractivity contribution in [2.45, 2.75) is 6.42 Å². The molecule has 0 aliphatic heterocycles. The van der Waals surface area contributed by atoms with E-state index in [9.17, 15) is 4.79 Å². The predicted octanol–water partition coefficient (Wildman–Crippen LogP) is 3.75.